The van der Waals surface area contributed by atoms with Gasteiger partial charge in [0.25, 0.3) is 5.91 Å². The largest absolute Gasteiger partial charge is 0.508 e. The Morgan fingerprint density at radius 3 is 2.46 bits per heavy atom. The Bertz CT molecular complexity index is 777. The molecule has 0 atom stereocenters. The second kappa shape index (κ2) is 8.04. The van der Waals surface area contributed by atoms with Gasteiger partial charge < -0.3 is 14.7 Å². The molecule has 2 aromatic rings. The lowest BCUT2D eigenvalue weighted by Gasteiger charge is -2.32. The van der Waals surface area contributed by atoms with Gasteiger partial charge in [-0.3, -0.25) is 9.59 Å². The number of phenolic OH excluding ortho intramolecular Hbond substituents is 1. The number of carbonyl (C=O) groups is 2. The number of rotatable bonds is 5. The number of amides is 1. The zero-order valence-corrected chi connectivity index (χ0v) is 14.9. The maximum Gasteiger partial charge on any atom is 0.260 e. The van der Waals surface area contributed by atoms with Gasteiger partial charge in [0, 0.05) is 18.7 Å². The first-order valence-corrected chi connectivity index (χ1v) is 8.83. The van der Waals surface area contributed by atoms with Gasteiger partial charge >= 0.3 is 0 Å². The summed E-state index contributed by atoms with van der Waals surface area (Å²) in [6.07, 6.45) is 1.80. The first-order chi connectivity index (χ1) is 12.5. The fraction of sp³-hybridized carbons (Fsp3) is 0.333. The second-order valence-corrected chi connectivity index (χ2v) is 6.62. The third kappa shape index (κ3) is 4.42. The third-order valence-corrected chi connectivity index (χ3v) is 4.82. The predicted molar refractivity (Wildman–Crippen MR) is 98.6 cm³/mol. The summed E-state index contributed by atoms with van der Waals surface area (Å²) in [6.45, 7) is 2.87. The highest BCUT2D eigenvalue weighted by atomic mass is 16.5. The molecule has 2 aromatic carbocycles. The number of ketones is 1. The number of Topliss-reactive ketones (excluding diaryl/α,β-unsaturated/α-hetero) is 1. The normalized spacial score (nSPS) is 14.9. The number of aromatic hydroxyl groups is 1. The standard InChI is InChI=1S/C21H23NO4/c1-15(23)18-3-2-4-20(13-18)26-14-21(25)22-11-9-17(10-12-22)16-5-7-19(24)8-6-16/h2-8,13,17,24H,9-12,14H2,1H3. The number of carbonyl (C=O) groups excluding carboxylic acids is 2. The van der Waals surface area contributed by atoms with Crippen LogP contribution < -0.4 is 4.74 Å². The van der Waals surface area contributed by atoms with Crippen molar-refractivity contribution in [3.63, 3.8) is 0 Å². The minimum Gasteiger partial charge on any atom is -0.508 e. The van der Waals surface area contributed by atoms with Crippen molar-refractivity contribution in [2.45, 2.75) is 25.7 Å². The summed E-state index contributed by atoms with van der Waals surface area (Å²) in [5.74, 6) is 1.14. The van der Waals surface area contributed by atoms with Gasteiger partial charge in [0.2, 0.25) is 0 Å². The molecule has 1 N–H and O–H groups in total. The van der Waals surface area contributed by atoms with Crippen molar-refractivity contribution in [1.82, 2.24) is 4.90 Å². The highest BCUT2D eigenvalue weighted by Crippen LogP contribution is 2.29. The van der Waals surface area contributed by atoms with E-state index in [0.717, 1.165) is 12.8 Å². The topological polar surface area (TPSA) is 66.8 Å². The molecule has 1 fully saturated rings. The van der Waals surface area contributed by atoms with Crippen LogP contribution in [0.1, 0.15) is 41.6 Å². The molecule has 1 saturated heterocycles. The number of piperidine rings is 1. The van der Waals surface area contributed by atoms with Crippen molar-refractivity contribution in [3.05, 3.63) is 59.7 Å². The molecule has 5 heteroatoms. The van der Waals surface area contributed by atoms with Crippen LogP contribution in [0.15, 0.2) is 48.5 Å². The van der Waals surface area contributed by atoms with E-state index in [4.69, 9.17) is 4.74 Å². The van der Waals surface area contributed by atoms with Gasteiger partial charge in [0.1, 0.15) is 11.5 Å². The van der Waals surface area contributed by atoms with Crippen LogP contribution in [0.3, 0.4) is 0 Å². The van der Waals surface area contributed by atoms with E-state index in [1.165, 1.54) is 12.5 Å². The molecular weight excluding hydrogens is 330 g/mol. The van der Waals surface area contributed by atoms with E-state index in [0.29, 0.717) is 30.3 Å². The lowest BCUT2D eigenvalue weighted by Crippen LogP contribution is -2.40. The lowest BCUT2D eigenvalue weighted by atomic mass is 9.89. The van der Waals surface area contributed by atoms with Gasteiger partial charge in [0.15, 0.2) is 12.4 Å². The number of likely N-dealkylation sites (tertiary alicyclic amines) is 1. The molecule has 136 valence electrons. The molecular formula is C21H23NO4. The van der Waals surface area contributed by atoms with E-state index < -0.39 is 0 Å². The summed E-state index contributed by atoms with van der Waals surface area (Å²) in [6, 6.07) is 14.2. The Balaban J connectivity index is 1.50. The molecule has 0 aromatic heterocycles. The van der Waals surface area contributed by atoms with E-state index in [-0.39, 0.29) is 24.0 Å². The number of phenols is 1. The summed E-state index contributed by atoms with van der Waals surface area (Å²) in [5, 5.41) is 9.38. The minimum atomic E-state index is -0.0395. The SMILES string of the molecule is CC(=O)c1cccc(OCC(=O)N2CCC(c3ccc(O)cc3)CC2)c1. The van der Waals surface area contributed by atoms with E-state index in [2.05, 4.69) is 0 Å². The van der Waals surface area contributed by atoms with Crippen LogP contribution >= 0.6 is 0 Å². The Labute approximate surface area is 153 Å². The van der Waals surface area contributed by atoms with E-state index in [9.17, 15) is 14.7 Å². The summed E-state index contributed by atoms with van der Waals surface area (Å²) in [4.78, 5) is 25.6. The average Bonchev–Trinajstić information content (AvgIpc) is 2.67. The molecule has 0 bridgehead atoms. The molecule has 0 saturated carbocycles. The van der Waals surface area contributed by atoms with Gasteiger partial charge in [-0.05, 0) is 55.5 Å². The Morgan fingerprint density at radius 2 is 1.81 bits per heavy atom. The maximum absolute atomic E-state index is 12.4. The van der Waals surface area contributed by atoms with Crippen molar-refractivity contribution in [2.75, 3.05) is 19.7 Å². The van der Waals surface area contributed by atoms with Gasteiger partial charge in [-0.25, -0.2) is 0 Å². The second-order valence-electron chi connectivity index (χ2n) is 6.62. The van der Waals surface area contributed by atoms with Gasteiger partial charge in [0.05, 0.1) is 0 Å². The molecule has 0 unspecified atom stereocenters. The number of ether oxygens (including phenoxy) is 1. The van der Waals surface area contributed by atoms with Crippen LogP contribution in [0.5, 0.6) is 11.5 Å². The van der Waals surface area contributed by atoms with Crippen molar-refractivity contribution in [3.8, 4) is 11.5 Å². The van der Waals surface area contributed by atoms with Crippen LogP contribution in [0.25, 0.3) is 0 Å². The molecule has 5 nitrogen and oxygen atoms in total. The zero-order chi connectivity index (χ0) is 18.5. The number of nitrogens with zero attached hydrogens (tertiary/aromatic N) is 1. The maximum atomic E-state index is 12.4. The number of hydrogen-bond acceptors (Lipinski definition) is 4. The predicted octanol–water partition coefficient (Wildman–Crippen LogP) is 3.38. The molecule has 1 heterocycles. The smallest absolute Gasteiger partial charge is 0.260 e. The van der Waals surface area contributed by atoms with Gasteiger partial charge in [-0.15, -0.1) is 0 Å². The molecule has 1 aliphatic rings. The van der Waals surface area contributed by atoms with Crippen molar-refractivity contribution in [2.24, 2.45) is 0 Å². The van der Waals surface area contributed by atoms with Crippen molar-refractivity contribution >= 4 is 11.7 Å². The van der Waals surface area contributed by atoms with Crippen LogP contribution in [0.2, 0.25) is 0 Å². The van der Waals surface area contributed by atoms with Crippen LogP contribution in [0, 0.1) is 0 Å². The summed E-state index contributed by atoms with van der Waals surface area (Å²) < 4.78 is 5.57. The molecule has 1 amide bonds. The Hall–Kier alpha value is -2.82. The molecule has 3 rings (SSSR count). The molecule has 26 heavy (non-hydrogen) atoms. The van der Waals surface area contributed by atoms with E-state index in [1.54, 1.807) is 36.4 Å². The Morgan fingerprint density at radius 1 is 1.12 bits per heavy atom. The first-order valence-electron chi connectivity index (χ1n) is 8.83. The fourth-order valence-corrected chi connectivity index (χ4v) is 3.25. The lowest BCUT2D eigenvalue weighted by molar-refractivity contribution is -0.134. The van der Waals surface area contributed by atoms with Crippen LogP contribution in [-0.2, 0) is 4.79 Å². The number of benzene rings is 2. The quantitative estimate of drug-likeness (QED) is 0.837. The number of hydrogen-bond donors (Lipinski definition) is 1. The first kappa shape index (κ1) is 18.0. The summed E-state index contributed by atoms with van der Waals surface area (Å²) in [7, 11) is 0. The summed E-state index contributed by atoms with van der Waals surface area (Å²) in [5.41, 5.74) is 1.77. The van der Waals surface area contributed by atoms with Crippen LogP contribution in [0.4, 0.5) is 0 Å². The minimum absolute atomic E-state index is 0.0226. The molecule has 0 aliphatic carbocycles. The van der Waals surface area contributed by atoms with Crippen molar-refractivity contribution in [1.29, 1.82) is 0 Å². The van der Waals surface area contributed by atoms with E-state index >= 15 is 0 Å². The fourth-order valence-electron chi connectivity index (χ4n) is 3.25. The highest BCUT2D eigenvalue weighted by Gasteiger charge is 2.24. The van der Waals surface area contributed by atoms with Gasteiger partial charge in [-0.1, -0.05) is 24.3 Å². The molecule has 0 spiro atoms. The average molecular weight is 353 g/mol. The Kier molecular flexibility index (Phi) is 5.56. The monoisotopic (exact) mass is 353 g/mol. The zero-order valence-electron chi connectivity index (χ0n) is 14.9. The summed E-state index contributed by atoms with van der Waals surface area (Å²) >= 11 is 0. The van der Waals surface area contributed by atoms with Gasteiger partial charge in [-0.2, -0.15) is 0 Å². The highest BCUT2D eigenvalue weighted by molar-refractivity contribution is 5.94. The molecule has 0 radical (unpaired) electrons. The van der Waals surface area contributed by atoms with Crippen molar-refractivity contribution < 1.29 is 19.4 Å². The third-order valence-electron chi connectivity index (χ3n) is 4.82. The van der Waals surface area contributed by atoms with E-state index in [1.807, 2.05) is 17.0 Å². The van der Waals surface area contributed by atoms with Crippen LogP contribution in [-0.4, -0.2) is 41.4 Å². The molecule has 1 aliphatic heterocycles.